The molecule has 0 aliphatic heterocycles. The number of aromatic nitrogens is 1. The number of hydrogen-bond acceptors (Lipinski definition) is 4. The molecule has 3 N–H and O–H groups in total. The SMILES string of the molecule is CCCC(C)(N)C(=O)Nc1ncc(Cc2ccccc2)s1. The summed E-state index contributed by atoms with van der Waals surface area (Å²) in [4.78, 5) is 17.5. The Kier molecular flexibility index (Phi) is 5.09. The quantitative estimate of drug-likeness (QED) is 0.861. The second kappa shape index (κ2) is 6.83. The molecule has 2 aromatic rings. The van der Waals surface area contributed by atoms with Gasteiger partial charge in [-0.2, -0.15) is 0 Å². The number of amides is 1. The van der Waals surface area contributed by atoms with Gasteiger partial charge < -0.3 is 11.1 Å². The zero-order valence-electron chi connectivity index (χ0n) is 12.4. The van der Waals surface area contributed by atoms with E-state index in [1.807, 2.05) is 25.1 Å². The summed E-state index contributed by atoms with van der Waals surface area (Å²) in [6.07, 6.45) is 4.16. The molecule has 0 radical (unpaired) electrons. The Morgan fingerprint density at radius 3 is 2.76 bits per heavy atom. The molecular weight excluding hydrogens is 282 g/mol. The molecule has 1 aromatic carbocycles. The van der Waals surface area contributed by atoms with E-state index < -0.39 is 5.54 Å². The maximum Gasteiger partial charge on any atom is 0.245 e. The van der Waals surface area contributed by atoms with Crippen molar-refractivity contribution in [1.29, 1.82) is 0 Å². The summed E-state index contributed by atoms with van der Waals surface area (Å²) in [5, 5.41) is 3.43. The number of nitrogens with one attached hydrogen (secondary N) is 1. The van der Waals surface area contributed by atoms with E-state index in [0.29, 0.717) is 11.6 Å². The van der Waals surface area contributed by atoms with E-state index >= 15 is 0 Å². The van der Waals surface area contributed by atoms with Gasteiger partial charge in [-0.15, -0.1) is 11.3 Å². The van der Waals surface area contributed by atoms with E-state index in [1.165, 1.54) is 16.9 Å². The minimum Gasteiger partial charge on any atom is -0.318 e. The normalized spacial score (nSPS) is 13.7. The van der Waals surface area contributed by atoms with Gasteiger partial charge in [0.15, 0.2) is 5.13 Å². The van der Waals surface area contributed by atoms with Crippen LogP contribution in [0.3, 0.4) is 0 Å². The fourth-order valence-corrected chi connectivity index (χ4v) is 2.96. The maximum atomic E-state index is 12.1. The van der Waals surface area contributed by atoms with Gasteiger partial charge >= 0.3 is 0 Å². The van der Waals surface area contributed by atoms with Gasteiger partial charge in [-0.25, -0.2) is 4.98 Å². The molecule has 2 rings (SSSR count). The lowest BCUT2D eigenvalue weighted by atomic mass is 9.97. The molecule has 0 saturated carbocycles. The predicted molar refractivity (Wildman–Crippen MR) is 87.5 cm³/mol. The molecule has 112 valence electrons. The number of anilines is 1. The van der Waals surface area contributed by atoms with Crippen molar-refractivity contribution < 1.29 is 4.79 Å². The van der Waals surface area contributed by atoms with E-state index in [-0.39, 0.29) is 5.91 Å². The number of nitrogens with two attached hydrogens (primary N) is 1. The highest BCUT2D eigenvalue weighted by molar-refractivity contribution is 7.15. The molecule has 4 nitrogen and oxygen atoms in total. The number of hydrogen-bond donors (Lipinski definition) is 2. The van der Waals surface area contributed by atoms with Crippen LogP contribution in [0.4, 0.5) is 5.13 Å². The number of thiazole rings is 1. The third-order valence-corrected chi connectivity index (χ3v) is 4.20. The van der Waals surface area contributed by atoms with Crippen LogP contribution in [0.25, 0.3) is 0 Å². The van der Waals surface area contributed by atoms with E-state index in [1.54, 1.807) is 13.1 Å². The molecule has 0 bridgehead atoms. The van der Waals surface area contributed by atoms with Gasteiger partial charge in [-0.05, 0) is 18.9 Å². The number of carbonyl (C=O) groups is 1. The van der Waals surface area contributed by atoms with Gasteiger partial charge in [0.25, 0.3) is 0 Å². The average Bonchev–Trinajstić information content (AvgIpc) is 2.87. The van der Waals surface area contributed by atoms with Crippen LogP contribution in [-0.2, 0) is 11.2 Å². The molecule has 21 heavy (non-hydrogen) atoms. The lowest BCUT2D eigenvalue weighted by Gasteiger charge is -2.21. The molecular formula is C16H21N3OS. The molecule has 0 saturated heterocycles. The Balaban J connectivity index is 1.99. The van der Waals surface area contributed by atoms with Gasteiger partial charge in [0.1, 0.15) is 0 Å². The number of nitrogens with zero attached hydrogens (tertiary/aromatic N) is 1. The van der Waals surface area contributed by atoms with Crippen molar-refractivity contribution >= 4 is 22.4 Å². The Bertz CT molecular complexity index is 593. The Hall–Kier alpha value is -1.72. The summed E-state index contributed by atoms with van der Waals surface area (Å²) in [6.45, 7) is 3.77. The minimum absolute atomic E-state index is 0.176. The van der Waals surface area contributed by atoms with Gasteiger partial charge in [0.2, 0.25) is 5.91 Å². The minimum atomic E-state index is -0.847. The molecule has 0 spiro atoms. The molecule has 1 heterocycles. The van der Waals surface area contributed by atoms with Crippen molar-refractivity contribution in [2.75, 3.05) is 5.32 Å². The van der Waals surface area contributed by atoms with E-state index in [0.717, 1.165) is 17.7 Å². The topological polar surface area (TPSA) is 68.0 Å². The first-order chi connectivity index (χ1) is 10.0. The molecule has 1 aromatic heterocycles. The highest BCUT2D eigenvalue weighted by Crippen LogP contribution is 2.22. The Morgan fingerprint density at radius 2 is 2.10 bits per heavy atom. The summed E-state index contributed by atoms with van der Waals surface area (Å²) in [6, 6.07) is 10.2. The fraction of sp³-hybridized carbons (Fsp3) is 0.375. The van der Waals surface area contributed by atoms with Crippen LogP contribution in [0.1, 0.15) is 37.1 Å². The standard InChI is InChI=1S/C16H21N3OS/c1-3-9-16(2,17)14(20)19-15-18-11-13(21-15)10-12-7-5-4-6-8-12/h4-8,11H,3,9-10,17H2,1-2H3,(H,18,19,20). The zero-order valence-corrected chi connectivity index (χ0v) is 13.2. The molecule has 1 atom stereocenters. The van der Waals surface area contributed by atoms with Crippen molar-refractivity contribution in [3.8, 4) is 0 Å². The highest BCUT2D eigenvalue weighted by atomic mass is 32.1. The van der Waals surface area contributed by atoms with Crippen molar-refractivity contribution in [2.45, 2.75) is 38.6 Å². The molecule has 5 heteroatoms. The van der Waals surface area contributed by atoms with Gasteiger partial charge in [-0.3, -0.25) is 4.79 Å². The van der Waals surface area contributed by atoms with E-state index in [4.69, 9.17) is 5.73 Å². The smallest absolute Gasteiger partial charge is 0.245 e. The molecule has 0 aliphatic rings. The maximum absolute atomic E-state index is 12.1. The first-order valence-electron chi connectivity index (χ1n) is 7.10. The summed E-state index contributed by atoms with van der Waals surface area (Å²) in [5.74, 6) is -0.176. The van der Waals surface area contributed by atoms with Crippen molar-refractivity contribution in [3.63, 3.8) is 0 Å². The Morgan fingerprint density at radius 1 is 1.38 bits per heavy atom. The molecule has 0 fully saturated rings. The van der Waals surface area contributed by atoms with Crippen LogP contribution in [0.2, 0.25) is 0 Å². The van der Waals surface area contributed by atoms with Gasteiger partial charge in [0.05, 0.1) is 5.54 Å². The lowest BCUT2D eigenvalue weighted by molar-refractivity contribution is -0.120. The van der Waals surface area contributed by atoms with Gasteiger partial charge in [0, 0.05) is 17.5 Å². The van der Waals surface area contributed by atoms with Crippen LogP contribution in [0, 0.1) is 0 Å². The Labute approximate surface area is 129 Å². The number of benzene rings is 1. The van der Waals surface area contributed by atoms with Crippen LogP contribution in [0.15, 0.2) is 36.5 Å². The van der Waals surface area contributed by atoms with Gasteiger partial charge in [-0.1, -0.05) is 43.7 Å². The van der Waals surface area contributed by atoms with Crippen molar-refractivity contribution in [1.82, 2.24) is 4.98 Å². The second-order valence-corrected chi connectivity index (χ2v) is 6.53. The third-order valence-electron chi connectivity index (χ3n) is 3.28. The molecule has 0 aliphatic carbocycles. The number of carbonyl (C=O) groups excluding carboxylic acids is 1. The zero-order chi connectivity index (χ0) is 15.3. The third kappa shape index (κ3) is 4.37. The summed E-state index contributed by atoms with van der Waals surface area (Å²) < 4.78 is 0. The molecule has 1 unspecified atom stereocenters. The van der Waals surface area contributed by atoms with Crippen LogP contribution >= 0.6 is 11.3 Å². The van der Waals surface area contributed by atoms with Crippen molar-refractivity contribution in [3.05, 3.63) is 47.0 Å². The average molecular weight is 303 g/mol. The van der Waals surface area contributed by atoms with E-state index in [2.05, 4.69) is 22.4 Å². The summed E-state index contributed by atoms with van der Waals surface area (Å²) >= 11 is 1.49. The summed E-state index contributed by atoms with van der Waals surface area (Å²) in [7, 11) is 0. The first-order valence-corrected chi connectivity index (χ1v) is 7.92. The monoisotopic (exact) mass is 303 g/mol. The largest absolute Gasteiger partial charge is 0.318 e. The predicted octanol–water partition coefficient (Wildman–Crippen LogP) is 3.19. The number of rotatable bonds is 6. The fourth-order valence-electron chi connectivity index (χ4n) is 2.12. The van der Waals surface area contributed by atoms with Crippen LogP contribution < -0.4 is 11.1 Å². The van der Waals surface area contributed by atoms with Crippen LogP contribution in [0.5, 0.6) is 0 Å². The second-order valence-electron chi connectivity index (χ2n) is 5.42. The summed E-state index contributed by atoms with van der Waals surface area (Å²) in [5.41, 5.74) is 6.40. The first kappa shape index (κ1) is 15.7. The molecule has 1 amide bonds. The lowest BCUT2D eigenvalue weighted by Crippen LogP contribution is -2.48. The highest BCUT2D eigenvalue weighted by Gasteiger charge is 2.27. The van der Waals surface area contributed by atoms with Crippen LogP contribution in [-0.4, -0.2) is 16.4 Å². The van der Waals surface area contributed by atoms with Crippen molar-refractivity contribution in [2.24, 2.45) is 5.73 Å². The van der Waals surface area contributed by atoms with E-state index in [9.17, 15) is 4.79 Å².